The van der Waals surface area contributed by atoms with Gasteiger partial charge in [0.05, 0.1) is 40.4 Å². The average molecular weight is 788 g/mol. The summed E-state index contributed by atoms with van der Waals surface area (Å²) in [4.78, 5) is 57.8. The Kier molecular flexibility index (Phi) is 7.76. The molecule has 2 aliphatic heterocycles. The van der Waals surface area contributed by atoms with E-state index in [-0.39, 0.29) is 40.6 Å². The first kappa shape index (κ1) is 31.8. The Morgan fingerprint density at radius 2 is 1.66 bits per heavy atom. The van der Waals surface area contributed by atoms with Crippen molar-refractivity contribution in [2.75, 3.05) is 19.6 Å². The van der Waals surface area contributed by atoms with Gasteiger partial charge in [-0.15, -0.1) is 0 Å². The van der Waals surface area contributed by atoms with Gasteiger partial charge in [-0.1, -0.05) is 35.4 Å². The highest BCUT2D eigenvalue weighted by molar-refractivity contribution is 9.13. The number of carbonyl (C=O) groups excluding carboxylic acids is 4. The molecular formula is C34H27Br2ClFN3O6. The molecule has 1 saturated carbocycles. The van der Waals surface area contributed by atoms with E-state index in [1.54, 1.807) is 30.3 Å². The SMILES string of the molecule is COc1cc(C2C3=CCC4C(=O)N(C)C(=O)C4C3CC3C(=O)N(Nc4ccc(F)cc4)C(=O)C32c2ccc(Cl)cc2)c(Br)c(Br)c1O. The third-order valence-corrected chi connectivity index (χ3v) is 12.6. The number of phenolic OH excluding ortho intramolecular Hbond substituents is 1. The van der Waals surface area contributed by atoms with Crippen LogP contribution in [0.3, 0.4) is 0 Å². The molecule has 2 heterocycles. The molecule has 3 aromatic rings. The van der Waals surface area contributed by atoms with Crippen LogP contribution in [-0.2, 0) is 24.6 Å². The number of hydrazine groups is 1. The lowest BCUT2D eigenvalue weighted by Gasteiger charge is -2.51. The molecule has 7 rings (SSSR count). The largest absolute Gasteiger partial charge is 0.503 e. The van der Waals surface area contributed by atoms with Crippen LogP contribution in [0.1, 0.15) is 29.9 Å². The first-order valence-corrected chi connectivity index (χ1v) is 16.8. The van der Waals surface area contributed by atoms with Crippen LogP contribution >= 0.6 is 43.5 Å². The number of benzene rings is 3. The van der Waals surface area contributed by atoms with Crippen LogP contribution < -0.4 is 10.2 Å². The first-order valence-electron chi connectivity index (χ1n) is 14.8. The Morgan fingerprint density at radius 3 is 2.32 bits per heavy atom. The van der Waals surface area contributed by atoms with E-state index in [9.17, 15) is 23.9 Å². The lowest BCUT2D eigenvalue weighted by molar-refractivity contribution is -0.140. The van der Waals surface area contributed by atoms with Crippen molar-refractivity contribution in [1.29, 1.82) is 0 Å². The van der Waals surface area contributed by atoms with Gasteiger partial charge in [-0.25, -0.2) is 4.39 Å². The third kappa shape index (κ3) is 4.51. The summed E-state index contributed by atoms with van der Waals surface area (Å²) in [5.74, 6) is -5.97. The average Bonchev–Trinajstić information content (AvgIpc) is 3.42. The normalized spacial score (nSPS) is 28.2. The summed E-state index contributed by atoms with van der Waals surface area (Å²) in [5.41, 5.74) is 3.43. The van der Waals surface area contributed by atoms with E-state index in [2.05, 4.69) is 37.3 Å². The molecule has 3 aromatic carbocycles. The van der Waals surface area contributed by atoms with Gasteiger partial charge in [-0.3, -0.25) is 29.5 Å². The van der Waals surface area contributed by atoms with E-state index in [1.165, 1.54) is 38.4 Å². The zero-order chi connectivity index (χ0) is 33.5. The van der Waals surface area contributed by atoms with Crippen LogP contribution in [0.5, 0.6) is 11.5 Å². The fourth-order valence-corrected chi connectivity index (χ4v) is 9.22. The lowest BCUT2D eigenvalue weighted by Crippen LogP contribution is -2.53. The maximum absolute atomic E-state index is 15.2. The summed E-state index contributed by atoms with van der Waals surface area (Å²) >= 11 is 13.4. The number of hydrogen-bond donors (Lipinski definition) is 2. The van der Waals surface area contributed by atoms with E-state index in [1.807, 2.05) is 6.08 Å². The minimum atomic E-state index is -1.58. The first-order chi connectivity index (χ1) is 22.4. The molecule has 0 spiro atoms. The molecule has 0 aromatic heterocycles. The summed E-state index contributed by atoms with van der Waals surface area (Å²) in [7, 11) is 2.88. The number of anilines is 1. The number of aromatic hydroxyl groups is 1. The van der Waals surface area contributed by atoms with Crippen molar-refractivity contribution in [3.05, 3.63) is 97.2 Å². The zero-order valence-electron chi connectivity index (χ0n) is 25.0. The third-order valence-electron chi connectivity index (χ3n) is 10.2. The highest BCUT2D eigenvalue weighted by Crippen LogP contribution is 2.65. The Labute approximate surface area is 290 Å². The molecule has 47 heavy (non-hydrogen) atoms. The summed E-state index contributed by atoms with van der Waals surface area (Å²) < 4.78 is 20.0. The molecule has 3 fully saturated rings. The van der Waals surface area contributed by atoms with Gasteiger partial charge in [0, 0.05) is 22.5 Å². The highest BCUT2D eigenvalue weighted by Gasteiger charge is 2.70. The molecule has 0 radical (unpaired) electrons. The lowest BCUT2D eigenvalue weighted by atomic mass is 9.49. The number of likely N-dealkylation sites (tertiary alicyclic amines) is 1. The number of methoxy groups -OCH3 is 1. The van der Waals surface area contributed by atoms with Crippen LogP contribution in [0.25, 0.3) is 0 Å². The van der Waals surface area contributed by atoms with Gasteiger partial charge < -0.3 is 9.84 Å². The van der Waals surface area contributed by atoms with Crippen LogP contribution in [0, 0.1) is 29.5 Å². The number of rotatable bonds is 5. The molecule has 0 bridgehead atoms. The van der Waals surface area contributed by atoms with E-state index < -0.39 is 52.6 Å². The fourth-order valence-electron chi connectivity index (χ4n) is 8.13. The number of amides is 4. The van der Waals surface area contributed by atoms with E-state index in [4.69, 9.17) is 16.3 Å². The predicted molar refractivity (Wildman–Crippen MR) is 177 cm³/mol. The Hall–Kier alpha value is -3.74. The molecule has 4 amide bonds. The van der Waals surface area contributed by atoms with Crippen molar-refractivity contribution in [3.63, 3.8) is 0 Å². The van der Waals surface area contributed by atoms with Crippen LogP contribution in [0.4, 0.5) is 10.1 Å². The summed E-state index contributed by atoms with van der Waals surface area (Å²) in [6.07, 6.45) is 2.32. The molecule has 6 unspecified atom stereocenters. The molecule has 6 atom stereocenters. The predicted octanol–water partition coefficient (Wildman–Crippen LogP) is 6.33. The summed E-state index contributed by atoms with van der Waals surface area (Å²) in [6, 6.07) is 13.7. The second-order valence-corrected chi connectivity index (χ2v) is 14.3. The van der Waals surface area contributed by atoms with Crippen molar-refractivity contribution in [3.8, 4) is 11.5 Å². The number of fused-ring (bicyclic) bond motifs is 4. The summed E-state index contributed by atoms with van der Waals surface area (Å²) in [6.45, 7) is 0. The highest BCUT2D eigenvalue weighted by atomic mass is 79.9. The van der Waals surface area contributed by atoms with Crippen molar-refractivity contribution in [2.24, 2.45) is 23.7 Å². The quantitative estimate of drug-likeness (QED) is 0.230. The Morgan fingerprint density at radius 1 is 0.979 bits per heavy atom. The molecule has 9 nitrogen and oxygen atoms in total. The van der Waals surface area contributed by atoms with Gasteiger partial charge in [0.25, 0.3) is 11.8 Å². The maximum Gasteiger partial charge on any atom is 0.260 e. The van der Waals surface area contributed by atoms with Crippen molar-refractivity contribution < 1.29 is 33.4 Å². The fraction of sp³-hybridized carbons (Fsp3) is 0.294. The van der Waals surface area contributed by atoms with Crippen LogP contribution in [-0.4, -0.2) is 52.8 Å². The number of phenols is 1. The smallest absolute Gasteiger partial charge is 0.260 e. The van der Waals surface area contributed by atoms with Crippen molar-refractivity contribution >= 4 is 72.8 Å². The van der Waals surface area contributed by atoms with Crippen LogP contribution in [0.2, 0.25) is 5.02 Å². The van der Waals surface area contributed by atoms with Gasteiger partial charge in [0.15, 0.2) is 11.5 Å². The minimum Gasteiger partial charge on any atom is -0.503 e. The number of halogens is 4. The van der Waals surface area contributed by atoms with Gasteiger partial charge in [-0.05, 0) is 104 Å². The number of nitrogens with zero attached hydrogens (tertiary/aromatic N) is 2. The van der Waals surface area contributed by atoms with Gasteiger partial charge >= 0.3 is 0 Å². The van der Waals surface area contributed by atoms with Crippen molar-refractivity contribution in [2.45, 2.75) is 24.2 Å². The Balaban J connectivity index is 1.52. The van der Waals surface area contributed by atoms with E-state index >= 15 is 4.79 Å². The molecule has 2 N–H and O–H groups in total. The summed E-state index contributed by atoms with van der Waals surface area (Å²) in [5, 5.41) is 12.3. The van der Waals surface area contributed by atoms with Gasteiger partial charge in [0.2, 0.25) is 11.8 Å². The standard InChI is InChI=1S/C34H27Br2ClFN3O6/c1-40-30(43)20-12-11-19-21(25(20)32(40)45)13-23-31(44)41(39-18-9-7-17(38)8-10-18)33(46)34(23,15-3-5-16(37)6-4-15)26(19)22-14-24(47-2)29(42)28(36)27(22)35/h3-11,14,20-21,23,25-26,39,42H,12-13H2,1-2H3. The van der Waals surface area contributed by atoms with Gasteiger partial charge in [-0.2, -0.15) is 5.01 Å². The number of allylic oxidation sites excluding steroid dienone is 2. The van der Waals surface area contributed by atoms with Gasteiger partial charge in [0.1, 0.15) is 5.82 Å². The number of carbonyl (C=O) groups is 4. The zero-order valence-corrected chi connectivity index (χ0v) is 28.9. The van der Waals surface area contributed by atoms with Crippen LogP contribution in [0.15, 0.2) is 75.2 Å². The number of imide groups is 2. The monoisotopic (exact) mass is 785 g/mol. The van der Waals surface area contributed by atoms with E-state index in [0.717, 1.165) is 15.5 Å². The minimum absolute atomic E-state index is 0.110. The molecule has 4 aliphatic rings. The number of ether oxygens (including phenoxy) is 1. The second kappa shape index (κ2) is 11.5. The Bertz CT molecular complexity index is 1900. The topological polar surface area (TPSA) is 116 Å². The number of hydrogen-bond acceptors (Lipinski definition) is 7. The maximum atomic E-state index is 15.2. The molecular weight excluding hydrogens is 761 g/mol. The molecule has 13 heteroatoms. The molecule has 2 saturated heterocycles. The van der Waals surface area contributed by atoms with E-state index in [0.29, 0.717) is 26.3 Å². The second-order valence-electron chi connectivity index (χ2n) is 12.3. The molecule has 242 valence electrons. The number of nitrogens with one attached hydrogen (secondary N) is 1. The molecule has 2 aliphatic carbocycles. The van der Waals surface area contributed by atoms with Crippen molar-refractivity contribution in [1.82, 2.24) is 9.91 Å².